The third-order valence-corrected chi connectivity index (χ3v) is 4.78. The van der Waals surface area contributed by atoms with Gasteiger partial charge in [-0.1, -0.05) is 72.6 Å². The minimum atomic E-state index is -0.176. The van der Waals surface area contributed by atoms with Gasteiger partial charge in [-0.2, -0.15) is 0 Å². The Balaban J connectivity index is 2.00. The third kappa shape index (κ3) is 5.37. The highest BCUT2D eigenvalue weighted by Gasteiger charge is 2.23. The lowest BCUT2D eigenvalue weighted by Crippen LogP contribution is -2.32. The van der Waals surface area contributed by atoms with Gasteiger partial charge in [-0.15, -0.1) is 0 Å². The van der Waals surface area contributed by atoms with E-state index in [1.54, 1.807) is 0 Å². The third-order valence-electron chi connectivity index (χ3n) is 4.78. The zero-order valence-corrected chi connectivity index (χ0v) is 16.1. The van der Waals surface area contributed by atoms with Crippen LogP contribution in [0.2, 0.25) is 0 Å². The van der Waals surface area contributed by atoms with Gasteiger partial charge in [0.15, 0.2) is 0 Å². The van der Waals surface area contributed by atoms with Crippen molar-refractivity contribution in [2.45, 2.75) is 79.1 Å². The molecule has 2 nitrogen and oxygen atoms in total. The van der Waals surface area contributed by atoms with Crippen LogP contribution in [0.3, 0.4) is 0 Å². The zero-order valence-electron chi connectivity index (χ0n) is 16.1. The Morgan fingerprint density at radius 1 is 1.04 bits per heavy atom. The molecule has 1 aromatic carbocycles. The van der Waals surface area contributed by atoms with Gasteiger partial charge in [0.25, 0.3) is 0 Å². The molecule has 2 rings (SSSR count). The molecular formula is C22H34O2. The van der Waals surface area contributed by atoms with E-state index >= 15 is 0 Å². The summed E-state index contributed by atoms with van der Waals surface area (Å²) < 4.78 is 12.4. The molecule has 1 fully saturated rings. The molecule has 0 amide bonds. The molecule has 0 saturated heterocycles. The van der Waals surface area contributed by atoms with Crippen molar-refractivity contribution in [3.05, 3.63) is 36.4 Å². The van der Waals surface area contributed by atoms with Crippen LogP contribution < -0.4 is 4.74 Å². The summed E-state index contributed by atoms with van der Waals surface area (Å²) in [7, 11) is 0. The van der Waals surface area contributed by atoms with Crippen molar-refractivity contribution < 1.29 is 9.47 Å². The summed E-state index contributed by atoms with van der Waals surface area (Å²) in [6.45, 7) is 15.1. The highest BCUT2D eigenvalue weighted by Crippen LogP contribution is 2.33. The van der Waals surface area contributed by atoms with Gasteiger partial charge >= 0.3 is 0 Å². The molecule has 0 aliphatic heterocycles. The van der Waals surface area contributed by atoms with Crippen molar-refractivity contribution in [2.24, 2.45) is 11.3 Å². The maximum Gasteiger partial charge on any atom is 0.202 e. The Kier molecular flexibility index (Phi) is 6.51. The van der Waals surface area contributed by atoms with E-state index in [9.17, 15) is 0 Å². The van der Waals surface area contributed by atoms with Crippen LogP contribution in [-0.2, 0) is 4.74 Å². The van der Waals surface area contributed by atoms with Gasteiger partial charge in [-0.25, -0.2) is 0 Å². The predicted molar refractivity (Wildman–Crippen MR) is 102 cm³/mol. The first-order valence-electron chi connectivity index (χ1n) is 9.39. The van der Waals surface area contributed by atoms with Gasteiger partial charge in [-0.05, 0) is 41.5 Å². The largest absolute Gasteiger partial charge is 0.465 e. The quantitative estimate of drug-likeness (QED) is 0.557. The highest BCUT2D eigenvalue weighted by molar-refractivity contribution is 5.67. The van der Waals surface area contributed by atoms with E-state index in [2.05, 4.69) is 53.3 Å². The molecule has 0 N–H and O–H groups in total. The number of rotatable bonds is 6. The number of benzene rings is 1. The summed E-state index contributed by atoms with van der Waals surface area (Å²) in [5.74, 6) is 1.20. The van der Waals surface area contributed by atoms with E-state index in [0.717, 1.165) is 24.2 Å². The van der Waals surface area contributed by atoms with Gasteiger partial charge in [-0.3, -0.25) is 0 Å². The van der Waals surface area contributed by atoms with Crippen LogP contribution >= 0.6 is 0 Å². The molecule has 0 radical (unpaired) electrons. The lowest BCUT2D eigenvalue weighted by Gasteiger charge is -2.30. The van der Waals surface area contributed by atoms with E-state index in [1.807, 2.05) is 12.1 Å². The summed E-state index contributed by atoms with van der Waals surface area (Å²) in [6.07, 6.45) is 6.40. The topological polar surface area (TPSA) is 18.5 Å². The first kappa shape index (κ1) is 19.1. The van der Waals surface area contributed by atoms with E-state index in [1.165, 1.54) is 24.8 Å². The molecular weight excluding hydrogens is 296 g/mol. The monoisotopic (exact) mass is 330 g/mol. The second-order valence-electron chi connectivity index (χ2n) is 8.38. The molecule has 0 aromatic heterocycles. The zero-order chi connectivity index (χ0) is 17.7. The molecule has 1 aromatic rings. The lowest BCUT2D eigenvalue weighted by atomic mass is 9.83. The highest BCUT2D eigenvalue weighted by atomic mass is 16.7. The van der Waals surface area contributed by atoms with Crippen molar-refractivity contribution in [3.63, 3.8) is 0 Å². The van der Waals surface area contributed by atoms with Crippen LogP contribution in [-0.4, -0.2) is 12.4 Å². The summed E-state index contributed by atoms with van der Waals surface area (Å²) in [6, 6.07) is 8.26. The summed E-state index contributed by atoms with van der Waals surface area (Å²) in [5.41, 5.74) is 2.39. The number of allylic oxidation sites excluding steroid dienone is 1. The molecule has 1 atom stereocenters. The second kappa shape index (κ2) is 8.20. The van der Waals surface area contributed by atoms with Crippen LogP contribution in [0.5, 0.6) is 5.75 Å². The van der Waals surface area contributed by atoms with Crippen molar-refractivity contribution in [1.29, 1.82) is 0 Å². The van der Waals surface area contributed by atoms with Gasteiger partial charge in [0.2, 0.25) is 6.29 Å². The minimum absolute atomic E-state index is 0.0763. The van der Waals surface area contributed by atoms with Gasteiger partial charge in [0, 0.05) is 5.92 Å². The maximum absolute atomic E-state index is 6.25. The van der Waals surface area contributed by atoms with Crippen LogP contribution in [0.25, 0.3) is 5.57 Å². The Bertz CT molecular complexity index is 516. The van der Waals surface area contributed by atoms with Gasteiger partial charge < -0.3 is 9.47 Å². The van der Waals surface area contributed by atoms with Crippen molar-refractivity contribution in [1.82, 2.24) is 0 Å². The molecule has 0 spiro atoms. The van der Waals surface area contributed by atoms with E-state index < -0.39 is 0 Å². The average Bonchev–Trinajstić information content (AvgIpc) is 2.54. The Morgan fingerprint density at radius 2 is 1.62 bits per heavy atom. The standard InChI is InChI=1S/C22H34O2/c1-16(2)21(23-19-10-8-7-9-11-19)24-20-14-12-18(13-15-20)17(3)22(4,5)6/h12-16,19,21H,3,7-11H2,1-2,4-6H3. The van der Waals surface area contributed by atoms with Crippen LogP contribution in [0.15, 0.2) is 30.8 Å². The fourth-order valence-electron chi connectivity index (χ4n) is 3.01. The molecule has 1 unspecified atom stereocenters. The van der Waals surface area contributed by atoms with Gasteiger partial charge in [0.05, 0.1) is 6.10 Å². The van der Waals surface area contributed by atoms with Crippen molar-refractivity contribution in [2.75, 3.05) is 0 Å². The first-order chi connectivity index (χ1) is 11.3. The number of hydrogen-bond acceptors (Lipinski definition) is 2. The van der Waals surface area contributed by atoms with Crippen LogP contribution in [0.1, 0.15) is 72.3 Å². The Morgan fingerprint density at radius 3 is 2.12 bits per heavy atom. The van der Waals surface area contributed by atoms with E-state index in [4.69, 9.17) is 9.47 Å². The molecule has 1 saturated carbocycles. The SMILES string of the molecule is C=C(c1ccc(OC(OC2CCCCC2)C(C)C)cc1)C(C)(C)C. The fraction of sp³-hybridized carbons (Fsp3) is 0.636. The summed E-state index contributed by atoms with van der Waals surface area (Å²) in [5, 5.41) is 0. The summed E-state index contributed by atoms with van der Waals surface area (Å²) >= 11 is 0. The Hall–Kier alpha value is -1.28. The van der Waals surface area contributed by atoms with Crippen molar-refractivity contribution in [3.8, 4) is 5.75 Å². The van der Waals surface area contributed by atoms with E-state index in [-0.39, 0.29) is 11.7 Å². The average molecular weight is 331 g/mol. The molecule has 24 heavy (non-hydrogen) atoms. The number of ether oxygens (including phenoxy) is 2. The molecule has 2 heteroatoms. The maximum atomic E-state index is 6.25. The van der Waals surface area contributed by atoms with E-state index in [0.29, 0.717) is 12.0 Å². The molecule has 134 valence electrons. The predicted octanol–water partition coefficient (Wildman–Crippen LogP) is 6.46. The Labute approximate surface area is 148 Å². The smallest absolute Gasteiger partial charge is 0.202 e. The van der Waals surface area contributed by atoms with Crippen LogP contribution in [0, 0.1) is 11.3 Å². The van der Waals surface area contributed by atoms with Gasteiger partial charge in [0.1, 0.15) is 5.75 Å². The molecule has 1 aliphatic rings. The van der Waals surface area contributed by atoms with Crippen molar-refractivity contribution >= 4 is 5.57 Å². The molecule has 0 bridgehead atoms. The summed E-state index contributed by atoms with van der Waals surface area (Å²) in [4.78, 5) is 0. The fourth-order valence-corrected chi connectivity index (χ4v) is 3.01. The normalized spacial score (nSPS) is 17.8. The first-order valence-corrected chi connectivity index (χ1v) is 9.39. The number of hydrogen-bond donors (Lipinski definition) is 0. The lowest BCUT2D eigenvalue weighted by molar-refractivity contribution is -0.150. The molecule has 1 aliphatic carbocycles. The second-order valence-corrected chi connectivity index (χ2v) is 8.38. The van der Waals surface area contributed by atoms with Crippen LogP contribution in [0.4, 0.5) is 0 Å². The minimum Gasteiger partial charge on any atom is -0.465 e. The molecule has 0 heterocycles.